The van der Waals surface area contributed by atoms with Crippen LogP contribution >= 0.6 is 11.8 Å². The second-order valence-corrected chi connectivity index (χ2v) is 5.48. The third-order valence-electron chi connectivity index (χ3n) is 2.89. The summed E-state index contributed by atoms with van der Waals surface area (Å²) < 4.78 is 1.79. The van der Waals surface area contributed by atoms with Crippen molar-refractivity contribution >= 4 is 28.8 Å². The first kappa shape index (κ1) is 13.9. The lowest BCUT2D eigenvalue weighted by Gasteiger charge is -2.05. The smallest absolute Gasteiger partial charge is 0.323 e. The van der Waals surface area contributed by atoms with Crippen molar-refractivity contribution in [1.29, 1.82) is 0 Å². The first-order valence-electron chi connectivity index (χ1n) is 6.52. The second kappa shape index (κ2) is 6.61. The van der Waals surface area contributed by atoms with Crippen molar-refractivity contribution in [2.75, 3.05) is 5.75 Å². The van der Waals surface area contributed by atoms with E-state index in [0.29, 0.717) is 0 Å². The van der Waals surface area contributed by atoms with Crippen LogP contribution in [-0.2, 0) is 11.3 Å². The van der Waals surface area contributed by atoms with Crippen molar-refractivity contribution in [3.05, 3.63) is 24.3 Å². The Bertz CT molecular complexity index is 566. The molecule has 4 nitrogen and oxygen atoms in total. The highest BCUT2D eigenvalue weighted by Gasteiger charge is 2.12. The van der Waals surface area contributed by atoms with Crippen LogP contribution in [0.4, 0.5) is 0 Å². The number of para-hydroxylation sites is 2. The predicted molar refractivity (Wildman–Crippen MR) is 77.6 cm³/mol. The van der Waals surface area contributed by atoms with Crippen LogP contribution in [0.1, 0.15) is 26.2 Å². The summed E-state index contributed by atoms with van der Waals surface area (Å²) in [5, 5.41) is 9.83. The van der Waals surface area contributed by atoms with Crippen molar-refractivity contribution in [3.8, 4) is 0 Å². The molecule has 0 aliphatic rings. The first-order chi connectivity index (χ1) is 9.22. The van der Waals surface area contributed by atoms with Gasteiger partial charge in [0, 0.05) is 5.75 Å². The molecule has 0 atom stereocenters. The Morgan fingerprint density at radius 3 is 2.89 bits per heavy atom. The van der Waals surface area contributed by atoms with Crippen molar-refractivity contribution in [2.45, 2.75) is 37.9 Å². The van der Waals surface area contributed by atoms with Crippen LogP contribution in [0.15, 0.2) is 29.4 Å². The molecule has 2 aromatic rings. The summed E-state index contributed by atoms with van der Waals surface area (Å²) in [7, 11) is 0. The average molecular weight is 278 g/mol. The molecule has 0 saturated heterocycles. The zero-order chi connectivity index (χ0) is 13.7. The van der Waals surface area contributed by atoms with Crippen LogP contribution in [0.2, 0.25) is 0 Å². The van der Waals surface area contributed by atoms with Crippen LogP contribution < -0.4 is 0 Å². The molecular weight excluding hydrogens is 260 g/mol. The van der Waals surface area contributed by atoms with Crippen molar-refractivity contribution in [1.82, 2.24) is 9.55 Å². The number of unbranched alkanes of at least 4 members (excludes halogenated alkanes) is 2. The molecule has 0 saturated carbocycles. The lowest BCUT2D eigenvalue weighted by molar-refractivity contribution is -0.137. The molecular formula is C14H18N2O2S. The van der Waals surface area contributed by atoms with Gasteiger partial charge in [0.1, 0.15) is 6.54 Å². The summed E-state index contributed by atoms with van der Waals surface area (Å²) in [6, 6.07) is 7.67. The number of hydrogen-bond donors (Lipinski definition) is 1. The molecule has 1 N–H and O–H groups in total. The SMILES string of the molecule is CCCCCSc1nc2ccccc2n1CC(=O)O. The molecule has 0 radical (unpaired) electrons. The molecule has 0 amide bonds. The molecule has 19 heavy (non-hydrogen) atoms. The van der Waals surface area contributed by atoms with Gasteiger partial charge >= 0.3 is 5.97 Å². The molecule has 5 heteroatoms. The Morgan fingerprint density at radius 1 is 1.37 bits per heavy atom. The third-order valence-corrected chi connectivity index (χ3v) is 3.95. The molecule has 0 spiro atoms. The topological polar surface area (TPSA) is 55.1 Å². The van der Waals surface area contributed by atoms with Gasteiger partial charge in [0.2, 0.25) is 0 Å². The molecule has 1 aromatic heterocycles. The minimum absolute atomic E-state index is 0.0311. The van der Waals surface area contributed by atoms with Gasteiger partial charge in [-0.2, -0.15) is 0 Å². The number of aromatic nitrogens is 2. The van der Waals surface area contributed by atoms with Crippen LogP contribution in [0.25, 0.3) is 11.0 Å². The lowest BCUT2D eigenvalue weighted by Crippen LogP contribution is -2.09. The fourth-order valence-electron chi connectivity index (χ4n) is 1.97. The van der Waals surface area contributed by atoms with Crippen LogP contribution in [-0.4, -0.2) is 26.4 Å². The van der Waals surface area contributed by atoms with E-state index >= 15 is 0 Å². The summed E-state index contributed by atoms with van der Waals surface area (Å²) in [5.41, 5.74) is 1.75. The zero-order valence-corrected chi connectivity index (χ0v) is 11.8. The number of carboxylic acid groups (broad SMARTS) is 1. The van der Waals surface area contributed by atoms with Crippen LogP contribution in [0.5, 0.6) is 0 Å². The summed E-state index contributed by atoms with van der Waals surface area (Å²) in [6.45, 7) is 2.14. The molecule has 0 bridgehead atoms. The fraction of sp³-hybridized carbons (Fsp3) is 0.429. The van der Waals surface area contributed by atoms with Gasteiger partial charge in [0.25, 0.3) is 0 Å². The molecule has 2 rings (SSSR count). The second-order valence-electron chi connectivity index (χ2n) is 4.42. The van der Waals surface area contributed by atoms with Gasteiger partial charge in [-0.1, -0.05) is 43.7 Å². The van der Waals surface area contributed by atoms with E-state index in [1.807, 2.05) is 24.3 Å². The van der Waals surface area contributed by atoms with E-state index in [-0.39, 0.29) is 6.54 Å². The maximum atomic E-state index is 11.0. The number of carbonyl (C=O) groups is 1. The highest BCUT2D eigenvalue weighted by Crippen LogP contribution is 2.24. The van der Waals surface area contributed by atoms with Gasteiger partial charge in [-0.3, -0.25) is 4.79 Å². The Balaban J connectivity index is 2.22. The number of nitrogens with zero attached hydrogens (tertiary/aromatic N) is 2. The maximum absolute atomic E-state index is 11.0. The monoisotopic (exact) mass is 278 g/mol. The quantitative estimate of drug-likeness (QED) is 0.623. The van der Waals surface area contributed by atoms with Gasteiger partial charge in [0.05, 0.1) is 11.0 Å². The number of imidazole rings is 1. The molecule has 1 aromatic carbocycles. The maximum Gasteiger partial charge on any atom is 0.323 e. The highest BCUT2D eigenvalue weighted by molar-refractivity contribution is 7.99. The van der Waals surface area contributed by atoms with E-state index in [4.69, 9.17) is 5.11 Å². The predicted octanol–water partition coefficient (Wildman–Crippen LogP) is 3.40. The lowest BCUT2D eigenvalue weighted by atomic mass is 10.3. The summed E-state index contributed by atoms with van der Waals surface area (Å²) >= 11 is 1.64. The van der Waals surface area contributed by atoms with E-state index in [0.717, 1.165) is 28.4 Å². The van der Waals surface area contributed by atoms with Gasteiger partial charge < -0.3 is 9.67 Å². The zero-order valence-electron chi connectivity index (χ0n) is 11.0. The number of carboxylic acids is 1. The van der Waals surface area contributed by atoms with Crippen LogP contribution in [0.3, 0.4) is 0 Å². The van der Waals surface area contributed by atoms with E-state index in [1.165, 1.54) is 12.8 Å². The normalized spacial score (nSPS) is 11.0. The van der Waals surface area contributed by atoms with E-state index < -0.39 is 5.97 Å². The molecule has 0 aliphatic heterocycles. The van der Waals surface area contributed by atoms with E-state index in [1.54, 1.807) is 16.3 Å². The van der Waals surface area contributed by atoms with Crippen molar-refractivity contribution < 1.29 is 9.90 Å². The van der Waals surface area contributed by atoms with Crippen LogP contribution in [0, 0.1) is 0 Å². The first-order valence-corrected chi connectivity index (χ1v) is 7.50. The molecule has 1 heterocycles. The standard InChI is InChI=1S/C14H18N2O2S/c1-2-3-6-9-19-14-15-11-7-4-5-8-12(11)16(14)10-13(17)18/h4-5,7-8H,2-3,6,9-10H2,1H3,(H,17,18). The molecule has 0 aliphatic carbocycles. The number of aliphatic carboxylic acids is 1. The van der Waals surface area contributed by atoms with Crippen molar-refractivity contribution in [2.24, 2.45) is 0 Å². The molecule has 0 unspecified atom stereocenters. The van der Waals surface area contributed by atoms with Gasteiger partial charge in [-0.05, 0) is 18.6 Å². The van der Waals surface area contributed by atoms with Crippen molar-refractivity contribution in [3.63, 3.8) is 0 Å². The minimum Gasteiger partial charge on any atom is -0.480 e. The minimum atomic E-state index is -0.835. The van der Waals surface area contributed by atoms with E-state index in [9.17, 15) is 4.79 Å². The Labute approximate surface area is 116 Å². The molecule has 0 fully saturated rings. The third kappa shape index (κ3) is 3.50. The number of rotatable bonds is 7. The Hall–Kier alpha value is -1.49. The number of benzene rings is 1. The van der Waals surface area contributed by atoms with E-state index in [2.05, 4.69) is 11.9 Å². The number of hydrogen-bond acceptors (Lipinski definition) is 3. The largest absolute Gasteiger partial charge is 0.480 e. The number of fused-ring (bicyclic) bond motifs is 1. The highest BCUT2D eigenvalue weighted by atomic mass is 32.2. The fourth-order valence-corrected chi connectivity index (χ4v) is 2.98. The summed E-state index contributed by atoms with van der Waals surface area (Å²) in [5.74, 6) is 0.148. The van der Waals surface area contributed by atoms with Gasteiger partial charge in [-0.25, -0.2) is 4.98 Å². The summed E-state index contributed by atoms with van der Waals surface area (Å²) in [6.07, 6.45) is 3.52. The Morgan fingerprint density at radius 2 is 2.16 bits per heavy atom. The van der Waals surface area contributed by atoms with Gasteiger partial charge in [-0.15, -0.1) is 0 Å². The van der Waals surface area contributed by atoms with Gasteiger partial charge in [0.15, 0.2) is 5.16 Å². The molecule has 102 valence electrons. The average Bonchev–Trinajstić information content (AvgIpc) is 2.73. The Kier molecular flexibility index (Phi) is 4.85. The summed E-state index contributed by atoms with van der Waals surface area (Å²) in [4.78, 5) is 15.5. The number of thioether (sulfide) groups is 1.